The highest BCUT2D eigenvalue weighted by atomic mass is 15.2. The Morgan fingerprint density at radius 3 is 1.14 bits per heavy atom. The van der Waals surface area contributed by atoms with Crippen LogP contribution in [0.15, 0.2) is 242 Å². The van der Waals surface area contributed by atoms with E-state index in [1.54, 1.807) is 0 Å². The Labute approximate surface area is 603 Å². The highest BCUT2D eigenvalue weighted by Crippen LogP contribution is 2.52. The van der Waals surface area contributed by atoms with Gasteiger partial charge in [-0.05, 0) is 192 Å². The van der Waals surface area contributed by atoms with E-state index in [9.17, 15) is 9.60 Å². The van der Waals surface area contributed by atoms with E-state index >= 15 is 0 Å². The van der Waals surface area contributed by atoms with Gasteiger partial charge in [-0.15, -0.1) is 0 Å². The van der Waals surface area contributed by atoms with E-state index in [1.807, 2.05) is 22.6 Å². The van der Waals surface area contributed by atoms with Crippen molar-refractivity contribution in [2.45, 2.75) is 157 Å². The highest BCUT2D eigenvalue weighted by Gasteiger charge is 2.46. The van der Waals surface area contributed by atoms with Gasteiger partial charge >= 0.3 is 0 Å². The second kappa shape index (κ2) is 22.8. The lowest BCUT2D eigenvalue weighted by Crippen LogP contribution is -2.61. The quantitative estimate of drug-likeness (QED) is 0.159. The first-order valence-electron chi connectivity index (χ1n) is 39.3. The molecular formula is C96H94BN3. The van der Waals surface area contributed by atoms with Gasteiger partial charge in [0.25, 0.3) is 6.71 Å². The average Bonchev–Trinajstić information content (AvgIpc) is 1.68. The molecule has 0 fully saturated rings. The van der Waals surface area contributed by atoms with Gasteiger partial charge in [-0.3, -0.25) is 0 Å². The molecule has 16 rings (SSSR count). The van der Waals surface area contributed by atoms with Gasteiger partial charge in [0, 0.05) is 55.7 Å². The van der Waals surface area contributed by atoms with E-state index in [1.165, 1.54) is 22.3 Å². The molecule has 4 heteroatoms. The molecule has 0 spiro atoms. The van der Waals surface area contributed by atoms with Gasteiger partial charge in [-0.25, -0.2) is 0 Å². The maximum absolute atomic E-state index is 10.2. The van der Waals surface area contributed by atoms with Crippen LogP contribution in [0.1, 0.15) is 168 Å². The first kappa shape index (κ1) is 56.9. The molecule has 2 aromatic heterocycles. The predicted molar refractivity (Wildman–Crippen MR) is 436 cm³/mol. The molecule has 12 aromatic carbocycles. The van der Waals surface area contributed by atoms with Gasteiger partial charge in [0.15, 0.2) is 0 Å². The summed E-state index contributed by atoms with van der Waals surface area (Å²) in [6, 6.07) is 72.3. The van der Waals surface area contributed by atoms with E-state index in [-0.39, 0.29) is 79.0 Å². The molecule has 0 N–H and O–H groups in total. The van der Waals surface area contributed by atoms with Crippen LogP contribution >= 0.6 is 0 Å². The number of rotatable bonds is 5. The van der Waals surface area contributed by atoms with Crippen molar-refractivity contribution in [2.75, 3.05) is 9.80 Å². The minimum atomic E-state index is -0.486. The molecule has 496 valence electrons. The summed E-state index contributed by atoms with van der Waals surface area (Å²) in [7, 11) is 0. The molecule has 0 atom stereocenters. The summed E-state index contributed by atoms with van der Waals surface area (Å²) in [6.45, 7) is 41.1. The minimum absolute atomic E-state index is 0.131. The topological polar surface area (TPSA) is 10.9 Å². The molecule has 0 saturated heterocycles. The molecule has 0 radical (unpaired) electrons. The van der Waals surface area contributed by atoms with Crippen LogP contribution < -0.4 is 26.2 Å². The van der Waals surface area contributed by atoms with Crippen molar-refractivity contribution >= 4 is 117 Å². The van der Waals surface area contributed by atoms with Crippen LogP contribution in [0, 0.1) is 0 Å². The first-order valence-corrected chi connectivity index (χ1v) is 35.8. The third-order valence-corrected chi connectivity index (χ3v) is 21.5. The molecule has 4 heterocycles. The van der Waals surface area contributed by atoms with E-state index < -0.39 is 18.8 Å². The fourth-order valence-electron chi connectivity index (χ4n) is 15.7. The number of fused-ring (bicyclic) bond motifs is 14. The van der Waals surface area contributed by atoms with E-state index in [4.69, 9.17) is 0 Å². The van der Waals surface area contributed by atoms with Crippen LogP contribution in [0.3, 0.4) is 0 Å². The Morgan fingerprint density at radius 1 is 0.280 bits per heavy atom. The Kier molecular flexibility index (Phi) is 13.0. The summed E-state index contributed by atoms with van der Waals surface area (Å²) in [5, 5.41) is 4.70. The van der Waals surface area contributed by atoms with E-state index in [0.29, 0.717) is 21.8 Å². The fourth-order valence-corrected chi connectivity index (χ4v) is 15.7. The standard InChI is InChI=1S/C96H94BN3/c1-91(2,3)63-44-62(45-64(48-63)92(4,5)6)79-57-85-81(55-78(79)60-34-23-20-24-35-60)97-82-56-80-74-39-28-26-37-72(74)71-36-25-27-38-73(71)76-41-31-42-77-75-40-29-30-43-83(75)100(90(76)77)84(80)58-86(82)99(70-53-67(95(13,14)15)50-68(54-70)96(16,17)18)88-47-61(59-32-21-19-22-33-59)46-87(89(88)97)98(85)69-51-65(93(7,8)9)49-66(52-69)94(10,11)12/h19-58H,1-18H3/i29D,30D,31D,40D,41D,42D,43D. The molecule has 0 saturated carbocycles. The minimum Gasteiger partial charge on any atom is -0.311 e. The second-order valence-electron chi connectivity index (χ2n) is 34.6. The maximum Gasteiger partial charge on any atom is 0.252 e. The monoisotopic (exact) mass is 1310 g/mol. The SMILES string of the molecule is [2H]c1c([2H])c([2H])c2c(c1[2H])c1c([2H])c([2H])c([2H])c3c4ccccc4c4ccccc4c4cc5c(cc4n2c31)N(c1cc(C(C)(C)C)cc(C(C)(C)C)c1)c1cc(-c2ccccc2)cc2c1B5c1cc(-c3ccccc3)c(-c3cc(C(C)(C)C)cc(C(C)(C)C)c3)cc1N2c1cc(C(C)(C)C)cc(C(C)(C)C)c1. The molecule has 0 bridgehead atoms. The maximum atomic E-state index is 10.2. The van der Waals surface area contributed by atoms with Crippen LogP contribution in [0.5, 0.6) is 0 Å². The summed E-state index contributed by atoms with van der Waals surface area (Å²) in [4.78, 5) is 5.11. The largest absolute Gasteiger partial charge is 0.311 e. The van der Waals surface area contributed by atoms with Gasteiger partial charge in [0.05, 0.1) is 26.1 Å². The molecule has 100 heavy (non-hydrogen) atoms. The number of nitrogens with zero attached hydrogens (tertiary/aromatic N) is 3. The van der Waals surface area contributed by atoms with Crippen LogP contribution in [-0.2, 0) is 32.5 Å². The Hall–Kier alpha value is -9.90. The number of hydrogen-bond acceptors (Lipinski definition) is 2. The summed E-state index contributed by atoms with van der Waals surface area (Å²) < 4.78 is 71.0. The molecule has 14 aromatic rings. The zero-order valence-corrected chi connectivity index (χ0v) is 61.5. The Balaban J connectivity index is 1.21. The average molecular weight is 1310 g/mol. The smallest absolute Gasteiger partial charge is 0.252 e. The molecule has 0 aliphatic carbocycles. The van der Waals surface area contributed by atoms with Crippen LogP contribution in [-0.4, -0.2) is 11.1 Å². The molecular weight excluding hydrogens is 1210 g/mol. The van der Waals surface area contributed by atoms with Crippen LogP contribution in [0.4, 0.5) is 34.1 Å². The molecule has 0 unspecified atom stereocenters. The molecule has 0 amide bonds. The normalized spacial score (nSPS) is 14.6. The van der Waals surface area contributed by atoms with Gasteiger partial charge in [0.1, 0.15) is 0 Å². The third kappa shape index (κ3) is 10.8. The summed E-state index contributed by atoms with van der Waals surface area (Å²) >= 11 is 0. The predicted octanol–water partition coefficient (Wildman–Crippen LogP) is 25.1. The number of benzene rings is 12. The van der Waals surface area contributed by atoms with Gasteiger partial charge < -0.3 is 14.2 Å². The van der Waals surface area contributed by atoms with E-state index in [0.717, 1.165) is 117 Å². The van der Waals surface area contributed by atoms with Crippen molar-refractivity contribution in [1.29, 1.82) is 0 Å². The van der Waals surface area contributed by atoms with Crippen LogP contribution in [0.2, 0.25) is 0 Å². The Bertz CT molecular complexity index is 6070. The van der Waals surface area contributed by atoms with Crippen molar-refractivity contribution < 1.29 is 9.60 Å². The zero-order valence-electron chi connectivity index (χ0n) is 68.5. The van der Waals surface area contributed by atoms with Gasteiger partial charge in [-0.2, -0.15) is 0 Å². The van der Waals surface area contributed by atoms with Crippen molar-refractivity contribution in [3.8, 4) is 33.4 Å². The molecule has 3 nitrogen and oxygen atoms in total. The summed E-state index contributed by atoms with van der Waals surface area (Å²) in [5.41, 5.74) is 22.6. The Morgan fingerprint density at radius 2 is 0.660 bits per heavy atom. The number of para-hydroxylation sites is 2. The first-order chi connectivity index (χ1) is 50.3. The van der Waals surface area contributed by atoms with E-state index in [2.05, 4.69) is 316 Å². The number of anilines is 6. The number of aromatic nitrogens is 1. The second-order valence-corrected chi connectivity index (χ2v) is 34.6. The molecule has 2 aliphatic rings. The fraction of sp³-hybridized carbons (Fsp3) is 0.250. The summed E-state index contributed by atoms with van der Waals surface area (Å²) in [6.07, 6.45) is 0. The lowest BCUT2D eigenvalue weighted by atomic mass is 9.33. The van der Waals surface area contributed by atoms with Crippen LogP contribution in [0.25, 0.3) is 93.0 Å². The third-order valence-electron chi connectivity index (χ3n) is 21.5. The van der Waals surface area contributed by atoms with Crippen molar-refractivity contribution in [2.24, 2.45) is 0 Å². The molecule has 2 aliphatic heterocycles. The van der Waals surface area contributed by atoms with Gasteiger partial charge in [-0.1, -0.05) is 313 Å². The lowest BCUT2D eigenvalue weighted by molar-refractivity contribution is 0.568. The highest BCUT2D eigenvalue weighted by molar-refractivity contribution is 7.00. The lowest BCUT2D eigenvalue weighted by Gasteiger charge is -2.45. The summed E-state index contributed by atoms with van der Waals surface area (Å²) in [5.74, 6) is 0. The van der Waals surface area contributed by atoms with Crippen molar-refractivity contribution in [1.82, 2.24) is 4.40 Å². The number of hydrogen-bond donors (Lipinski definition) is 0. The zero-order chi connectivity index (χ0) is 76.2. The van der Waals surface area contributed by atoms with Crippen molar-refractivity contribution in [3.05, 3.63) is 276 Å². The van der Waals surface area contributed by atoms with Crippen molar-refractivity contribution in [3.63, 3.8) is 0 Å². The van der Waals surface area contributed by atoms with Gasteiger partial charge in [0.2, 0.25) is 0 Å².